The third-order valence-corrected chi connectivity index (χ3v) is 7.46. The molecule has 0 saturated carbocycles. The van der Waals surface area contributed by atoms with Gasteiger partial charge in [-0.3, -0.25) is 4.79 Å². The van der Waals surface area contributed by atoms with Crippen molar-refractivity contribution in [1.29, 1.82) is 0 Å². The summed E-state index contributed by atoms with van der Waals surface area (Å²) in [6.45, 7) is 6.46. The van der Waals surface area contributed by atoms with Crippen molar-refractivity contribution in [2.75, 3.05) is 20.1 Å². The molecule has 0 unspecified atom stereocenters. The Hall–Kier alpha value is -3.04. The second kappa shape index (κ2) is 12.3. The number of halogens is 1. The normalized spacial score (nSPS) is 15.3. The molecule has 0 bridgehead atoms. The Balaban J connectivity index is 1.58. The predicted octanol–water partition coefficient (Wildman–Crippen LogP) is 7.99. The lowest BCUT2D eigenvalue weighted by Gasteiger charge is -2.28. The second-order valence-electron chi connectivity index (χ2n) is 10.3. The van der Waals surface area contributed by atoms with Crippen LogP contribution in [0.2, 0.25) is 0 Å². The van der Waals surface area contributed by atoms with E-state index in [1.807, 2.05) is 44.2 Å². The van der Waals surface area contributed by atoms with Crippen LogP contribution in [0.4, 0.5) is 4.39 Å². The Morgan fingerprint density at radius 2 is 1.75 bits per heavy atom. The number of benzene rings is 3. The van der Waals surface area contributed by atoms with Crippen molar-refractivity contribution in [3.8, 4) is 11.1 Å². The number of ketones is 1. The average Bonchev–Trinajstić information content (AvgIpc) is 2.89. The van der Waals surface area contributed by atoms with Crippen LogP contribution >= 0.6 is 0 Å². The fourth-order valence-electron chi connectivity index (χ4n) is 5.11. The molecule has 3 aromatic carbocycles. The molecular weight excluding hydrogens is 445 g/mol. The molecule has 0 atom stereocenters. The van der Waals surface area contributed by atoms with E-state index in [9.17, 15) is 9.18 Å². The van der Waals surface area contributed by atoms with E-state index in [1.54, 1.807) is 12.1 Å². The number of allylic oxidation sites excluding steroid dienone is 1. The molecule has 1 aliphatic rings. The van der Waals surface area contributed by atoms with Gasteiger partial charge in [0, 0.05) is 17.6 Å². The maximum absolute atomic E-state index is 14.5. The second-order valence-corrected chi connectivity index (χ2v) is 10.3. The average molecular weight is 484 g/mol. The van der Waals surface area contributed by atoms with E-state index in [-0.39, 0.29) is 11.6 Å². The molecule has 0 aromatic heterocycles. The van der Waals surface area contributed by atoms with E-state index in [0.29, 0.717) is 17.6 Å². The smallest absolute Gasteiger partial charge is 0.163 e. The fourth-order valence-corrected chi connectivity index (χ4v) is 5.11. The molecule has 0 amide bonds. The molecule has 3 heteroatoms. The highest BCUT2D eigenvalue weighted by atomic mass is 19.1. The van der Waals surface area contributed by atoms with Crippen molar-refractivity contribution >= 4 is 17.4 Å². The van der Waals surface area contributed by atoms with Crippen LogP contribution in [-0.4, -0.2) is 30.8 Å². The lowest BCUT2D eigenvalue weighted by atomic mass is 9.89. The van der Waals surface area contributed by atoms with Gasteiger partial charge in [0.05, 0.1) is 0 Å². The summed E-state index contributed by atoms with van der Waals surface area (Å²) in [6.07, 6.45) is 8.22. The standard InChI is InChI=1S/C33H38FNO/c1-4-7-33(36)31(30-23-28(17-10-24(30)2)29-8-5-6-9-32(29)34)22-27-15-13-25(14-16-27)11-12-26-18-20-35(3)21-19-26/h5-6,8-10,13-17,22-23,26H,4,7,11-12,18-21H2,1-3H3/b31-22-. The molecule has 0 spiro atoms. The van der Waals surface area contributed by atoms with Crippen molar-refractivity contribution in [1.82, 2.24) is 4.90 Å². The molecule has 2 nitrogen and oxygen atoms in total. The maximum atomic E-state index is 14.5. The van der Waals surface area contributed by atoms with E-state index < -0.39 is 0 Å². The number of nitrogens with zero attached hydrogens (tertiary/aromatic N) is 1. The number of hydrogen-bond donors (Lipinski definition) is 0. The minimum atomic E-state index is -0.256. The highest BCUT2D eigenvalue weighted by Crippen LogP contribution is 2.31. The minimum Gasteiger partial charge on any atom is -0.306 e. The highest BCUT2D eigenvalue weighted by Gasteiger charge is 2.17. The first kappa shape index (κ1) is 26.0. The van der Waals surface area contributed by atoms with Gasteiger partial charge in [0.1, 0.15) is 5.82 Å². The Labute approximate surface area is 215 Å². The van der Waals surface area contributed by atoms with Gasteiger partial charge in [0.25, 0.3) is 0 Å². The van der Waals surface area contributed by atoms with E-state index in [0.717, 1.165) is 41.0 Å². The minimum absolute atomic E-state index is 0.123. The number of likely N-dealkylation sites (tertiary alicyclic amines) is 1. The molecule has 188 valence electrons. The Morgan fingerprint density at radius 1 is 1.03 bits per heavy atom. The number of piperidine rings is 1. The molecule has 1 saturated heterocycles. The summed E-state index contributed by atoms with van der Waals surface area (Å²) in [6, 6.07) is 21.3. The summed E-state index contributed by atoms with van der Waals surface area (Å²) in [5.41, 5.74) is 6.30. The van der Waals surface area contributed by atoms with E-state index >= 15 is 0 Å². The molecule has 1 heterocycles. The number of carbonyl (C=O) groups is 1. The summed E-state index contributed by atoms with van der Waals surface area (Å²) in [7, 11) is 2.21. The summed E-state index contributed by atoms with van der Waals surface area (Å²) in [5, 5.41) is 0. The summed E-state index contributed by atoms with van der Waals surface area (Å²) in [5.74, 6) is 0.690. The van der Waals surface area contributed by atoms with Gasteiger partial charge in [-0.1, -0.05) is 61.5 Å². The quantitative estimate of drug-likeness (QED) is 0.227. The van der Waals surface area contributed by atoms with Crippen LogP contribution in [0.3, 0.4) is 0 Å². The Morgan fingerprint density at radius 3 is 2.44 bits per heavy atom. The van der Waals surface area contributed by atoms with Gasteiger partial charge in [-0.2, -0.15) is 0 Å². The first-order chi connectivity index (χ1) is 17.4. The Bertz CT molecular complexity index is 1200. The summed E-state index contributed by atoms with van der Waals surface area (Å²) < 4.78 is 14.5. The zero-order valence-electron chi connectivity index (χ0n) is 21.9. The van der Waals surface area contributed by atoms with Crippen LogP contribution in [0.5, 0.6) is 0 Å². The van der Waals surface area contributed by atoms with Crippen LogP contribution in [0.1, 0.15) is 61.3 Å². The highest BCUT2D eigenvalue weighted by molar-refractivity contribution is 6.25. The molecule has 1 aliphatic heterocycles. The monoisotopic (exact) mass is 483 g/mol. The SMILES string of the molecule is CCCC(=O)/C(=C\c1ccc(CCC2CCN(C)CC2)cc1)c1cc(-c2ccccc2F)ccc1C. The van der Waals surface area contributed by atoms with Crippen molar-refractivity contribution in [3.05, 3.63) is 94.8 Å². The third-order valence-electron chi connectivity index (χ3n) is 7.46. The molecule has 1 fully saturated rings. The Kier molecular flexibility index (Phi) is 8.88. The van der Waals surface area contributed by atoms with E-state index in [2.05, 4.69) is 36.2 Å². The lowest BCUT2D eigenvalue weighted by molar-refractivity contribution is -0.113. The molecule has 0 aliphatic carbocycles. The number of Topliss-reactive ketones (excluding diaryl/α,β-unsaturated/α-hetero) is 1. The van der Waals surface area contributed by atoms with E-state index in [1.165, 1.54) is 44.0 Å². The van der Waals surface area contributed by atoms with Crippen molar-refractivity contribution in [3.63, 3.8) is 0 Å². The zero-order chi connectivity index (χ0) is 25.5. The molecule has 0 radical (unpaired) electrons. The van der Waals surface area contributed by atoms with Crippen LogP contribution in [0, 0.1) is 18.7 Å². The third kappa shape index (κ3) is 6.59. The van der Waals surface area contributed by atoms with Gasteiger partial charge in [-0.15, -0.1) is 0 Å². The van der Waals surface area contributed by atoms with Crippen LogP contribution in [0.25, 0.3) is 22.8 Å². The van der Waals surface area contributed by atoms with Crippen LogP contribution < -0.4 is 0 Å². The first-order valence-corrected chi connectivity index (χ1v) is 13.3. The number of aryl methyl sites for hydroxylation is 2. The maximum Gasteiger partial charge on any atom is 0.163 e. The number of hydrogen-bond acceptors (Lipinski definition) is 2. The van der Waals surface area contributed by atoms with Gasteiger partial charge in [-0.25, -0.2) is 4.39 Å². The molecule has 3 aromatic rings. The number of carbonyl (C=O) groups excluding carboxylic acids is 1. The summed E-state index contributed by atoms with van der Waals surface area (Å²) >= 11 is 0. The van der Waals surface area contributed by atoms with Crippen molar-refractivity contribution < 1.29 is 9.18 Å². The molecule has 0 N–H and O–H groups in total. The predicted molar refractivity (Wildman–Crippen MR) is 149 cm³/mol. The summed E-state index contributed by atoms with van der Waals surface area (Å²) in [4.78, 5) is 15.7. The van der Waals surface area contributed by atoms with Gasteiger partial charge >= 0.3 is 0 Å². The van der Waals surface area contributed by atoms with Gasteiger partial charge < -0.3 is 4.90 Å². The van der Waals surface area contributed by atoms with Gasteiger partial charge in [-0.05, 0) is 111 Å². The number of rotatable bonds is 9. The first-order valence-electron chi connectivity index (χ1n) is 13.3. The van der Waals surface area contributed by atoms with E-state index in [4.69, 9.17) is 0 Å². The fraction of sp³-hybridized carbons (Fsp3) is 0.364. The van der Waals surface area contributed by atoms with Crippen molar-refractivity contribution in [2.24, 2.45) is 5.92 Å². The van der Waals surface area contributed by atoms with Crippen LogP contribution in [0.15, 0.2) is 66.7 Å². The van der Waals surface area contributed by atoms with Crippen molar-refractivity contribution in [2.45, 2.75) is 52.4 Å². The largest absolute Gasteiger partial charge is 0.306 e. The van der Waals surface area contributed by atoms with Gasteiger partial charge in [0.15, 0.2) is 5.78 Å². The molecular formula is C33H38FNO. The zero-order valence-corrected chi connectivity index (χ0v) is 21.9. The van der Waals surface area contributed by atoms with Gasteiger partial charge in [0.2, 0.25) is 0 Å². The molecule has 4 rings (SSSR count). The lowest BCUT2D eigenvalue weighted by Crippen LogP contribution is -2.30. The topological polar surface area (TPSA) is 20.3 Å². The van der Waals surface area contributed by atoms with Crippen LogP contribution in [-0.2, 0) is 11.2 Å². The molecule has 36 heavy (non-hydrogen) atoms.